The molecule has 0 rings (SSSR count). The Hall–Kier alpha value is -1.79. The van der Waals surface area contributed by atoms with Crippen molar-refractivity contribution in [1.82, 2.24) is 10.6 Å². The zero-order chi connectivity index (χ0) is 21.4. The van der Waals surface area contributed by atoms with E-state index >= 15 is 0 Å². The van der Waals surface area contributed by atoms with E-state index in [1.54, 1.807) is 20.8 Å². The molecule has 3 N–H and O–H groups in total. The molecular formula is C21H40N2O5. The summed E-state index contributed by atoms with van der Waals surface area (Å²) in [6.45, 7) is 7.07. The van der Waals surface area contributed by atoms with Crippen LogP contribution in [0.5, 0.6) is 0 Å². The summed E-state index contributed by atoms with van der Waals surface area (Å²) in [5, 5.41) is 14.1. The number of carbonyl (C=O) groups excluding carboxylic acids is 2. The molecule has 0 aliphatic heterocycles. The number of nitrogens with one attached hydrogen (secondary N) is 2. The number of carbonyl (C=O) groups is 3. The van der Waals surface area contributed by atoms with Crippen LogP contribution in [0.3, 0.4) is 0 Å². The van der Waals surface area contributed by atoms with Gasteiger partial charge in [-0.15, -0.1) is 0 Å². The molecule has 0 radical (unpaired) electrons. The number of hydrogen-bond donors (Lipinski definition) is 3. The quantitative estimate of drug-likeness (QED) is 0.354. The lowest BCUT2D eigenvalue weighted by Gasteiger charge is -2.20. The Kier molecular flexibility index (Phi) is 14.2. The molecule has 7 nitrogen and oxygen atoms in total. The van der Waals surface area contributed by atoms with Crippen LogP contribution in [-0.4, -0.2) is 41.3 Å². The lowest BCUT2D eigenvalue weighted by Crippen LogP contribution is -2.46. The highest BCUT2D eigenvalue weighted by atomic mass is 16.6. The average molecular weight is 401 g/mol. The zero-order valence-corrected chi connectivity index (χ0v) is 18.1. The second kappa shape index (κ2) is 15.2. The SMILES string of the molecule is CCCCCCCCCCCC[C@H](NC(=O)CNC(=O)OC(C)(C)C)C(=O)O. The molecule has 0 spiro atoms. The van der Waals surface area contributed by atoms with Gasteiger partial charge >= 0.3 is 12.1 Å². The van der Waals surface area contributed by atoms with Crippen LogP contribution >= 0.6 is 0 Å². The third-order valence-electron chi connectivity index (χ3n) is 4.27. The lowest BCUT2D eigenvalue weighted by atomic mass is 10.0. The summed E-state index contributed by atoms with van der Waals surface area (Å²) in [5.41, 5.74) is -0.653. The summed E-state index contributed by atoms with van der Waals surface area (Å²) < 4.78 is 5.03. The molecule has 0 unspecified atom stereocenters. The van der Waals surface area contributed by atoms with Crippen LogP contribution in [0.1, 0.15) is 98.3 Å². The Morgan fingerprint density at radius 1 is 0.893 bits per heavy atom. The van der Waals surface area contributed by atoms with Crippen molar-refractivity contribution < 1.29 is 24.2 Å². The van der Waals surface area contributed by atoms with Gasteiger partial charge in [-0.3, -0.25) is 4.79 Å². The molecule has 0 aromatic heterocycles. The number of unbranched alkanes of at least 4 members (excludes halogenated alkanes) is 9. The third kappa shape index (κ3) is 16.4. The maximum absolute atomic E-state index is 11.9. The van der Waals surface area contributed by atoms with Gasteiger partial charge in [0.15, 0.2) is 0 Å². The van der Waals surface area contributed by atoms with Gasteiger partial charge < -0.3 is 20.5 Å². The fourth-order valence-corrected chi connectivity index (χ4v) is 2.81. The van der Waals surface area contributed by atoms with Crippen molar-refractivity contribution in [3.63, 3.8) is 0 Å². The van der Waals surface area contributed by atoms with Gasteiger partial charge in [-0.25, -0.2) is 9.59 Å². The number of carboxylic acid groups (broad SMARTS) is 1. The van der Waals surface area contributed by atoms with Crippen molar-refractivity contribution in [2.75, 3.05) is 6.54 Å². The summed E-state index contributed by atoms with van der Waals surface area (Å²) in [7, 11) is 0. The smallest absolute Gasteiger partial charge is 0.408 e. The maximum Gasteiger partial charge on any atom is 0.408 e. The Labute approximate surface area is 170 Å². The van der Waals surface area contributed by atoms with Crippen molar-refractivity contribution in [3.8, 4) is 0 Å². The number of alkyl carbamates (subject to hydrolysis) is 1. The van der Waals surface area contributed by atoms with Crippen molar-refractivity contribution in [3.05, 3.63) is 0 Å². The van der Waals surface area contributed by atoms with E-state index in [2.05, 4.69) is 17.6 Å². The molecule has 0 aromatic carbocycles. The monoisotopic (exact) mass is 400 g/mol. The van der Waals surface area contributed by atoms with Crippen molar-refractivity contribution >= 4 is 18.0 Å². The molecule has 164 valence electrons. The van der Waals surface area contributed by atoms with Gasteiger partial charge in [0.05, 0.1) is 0 Å². The summed E-state index contributed by atoms with van der Waals surface area (Å²) in [6, 6.07) is -0.929. The minimum absolute atomic E-state index is 0.309. The molecule has 0 aliphatic rings. The van der Waals surface area contributed by atoms with Gasteiger partial charge in [0.25, 0.3) is 0 Å². The molecule has 0 saturated heterocycles. The lowest BCUT2D eigenvalue weighted by molar-refractivity contribution is -0.141. The summed E-state index contributed by atoms with van der Waals surface area (Å²) >= 11 is 0. The Balaban J connectivity index is 3.90. The summed E-state index contributed by atoms with van der Waals surface area (Å²) in [4.78, 5) is 34.7. The first-order valence-corrected chi connectivity index (χ1v) is 10.6. The number of aliphatic carboxylic acids is 1. The van der Waals surface area contributed by atoms with Crippen molar-refractivity contribution in [2.24, 2.45) is 0 Å². The van der Waals surface area contributed by atoms with Crippen LogP contribution in [0.15, 0.2) is 0 Å². The van der Waals surface area contributed by atoms with E-state index in [0.717, 1.165) is 19.3 Å². The highest BCUT2D eigenvalue weighted by molar-refractivity contribution is 5.86. The number of ether oxygens (including phenoxy) is 1. The fourth-order valence-electron chi connectivity index (χ4n) is 2.81. The third-order valence-corrected chi connectivity index (χ3v) is 4.27. The molecular weight excluding hydrogens is 360 g/mol. The normalized spacial score (nSPS) is 12.3. The van der Waals surface area contributed by atoms with Crippen LogP contribution in [0.25, 0.3) is 0 Å². The molecule has 28 heavy (non-hydrogen) atoms. The summed E-state index contributed by atoms with van der Waals surface area (Å²) in [5.74, 6) is -1.59. The average Bonchev–Trinajstić information content (AvgIpc) is 2.59. The topological polar surface area (TPSA) is 105 Å². The van der Waals surface area contributed by atoms with E-state index in [0.29, 0.717) is 6.42 Å². The zero-order valence-electron chi connectivity index (χ0n) is 18.1. The van der Waals surface area contributed by atoms with E-state index in [4.69, 9.17) is 4.74 Å². The number of amides is 2. The first-order chi connectivity index (χ1) is 13.2. The fraction of sp³-hybridized carbons (Fsp3) is 0.857. The van der Waals surface area contributed by atoms with E-state index in [-0.39, 0.29) is 6.54 Å². The highest BCUT2D eigenvalue weighted by Crippen LogP contribution is 2.12. The molecule has 0 bridgehead atoms. The highest BCUT2D eigenvalue weighted by Gasteiger charge is 2.21. The first kappa shape index (κ1) is 26.2. The molecule has 0 aliphatic carbocycles. The van der Waals surface area contributed by atoms with Crippen molar-refractivity contribution in [2.45, 2.75) is 110 Å². The number of carboxylic acids is 1. The van der Waals surface area contributed by atoms with Gasteiger partial charge in [-0.1, -0.05) is 71.1 Å². The van der Waals surface area contributed by atoms with Gasteiger partial charge in [-0.05, 0) is 27.2 Å². The van der Waals surface area contributed by atoms with Gasteiger partial charge in [0.1, 0.15) is 18.2 Å². The van der Waals surface area contributed by atoms with E-state index < -0.39 is 29.6 Å². The molecule has 7 heteroatoms. The Morgan fingerprint density at radius 3 is 1.86 bits per heavy atom. The standard InChI is InChI=1S/C21H40N2O5/c1-5-6-7-8-9-10-11-12-13-14-15-17(19(25)26)23-18(24)16-22-20(27)28-21(2,3)4/h17H,5-16H2,1-4H3,(H,22,27)(H,23,24)(H,25,26)/t17-/m0/s1. The molecule has 2 amide bonds. The predicted octanol–water partition coefficient (Wildman–Crippen LogP) is 4.39. The Bertz CT molecular complexity index is 460. The maximum atomic E-state index is 11.9. The minimum Gasteiger partial charge on any atom is -0.480 e. The van der Waals surface area contributed by atoms with Crippen LogP contribution < -0.4 is 10.6 Å². The van der Waals surface area contributed by atoms with Gasteiger partial charge in [-0.2, -0.15) is 0 Å². The molecule has 0 saturated carbocycles. The van der Waals surface area contributed by atoms with Crippen LogP contribution in [0.4, 0.5) is 4.79 Å². The molecule has 1 atom stereocenters. The molecule has 0 heterocycles. The summed E-state index contributed by atoms with van der Waals surface area (Å²) in [6.07, 6.45) is 11.4. The molecule has 0 fully saturated rings. The van der Waals surface area contributed by atoms with E-state index in [1.807, 2.05) is 0 Å². The van der Waals surface area contributed by atoms with Gasteiger partial charge in [0.2, 0.25) is 5.91 Å². The number of hydrogen-bond acceptors (Lipinski definition) is 4. The van der Waals surface area contributed by atoms with Crippen molar-refractivity contribution in [1.29, 1.82) is 0 Å². The minimum atomic E-state index is -1.05. The largest absolute Gasteiger partial charge is 0.480 e. The van der Waals surface area contributed by atoms with Crippen LogP contribution in [0, 0.1) is 0 Å². The molecule has 0 aromatic rings. The van der Waals surface area contributed by atoms with Crippen LogP contribution in [0.2, 0.25) is 0 Å². The number of rotatable bonds is 15. The van der Waals surface area contributed by atoms with Crippen LogP contribution in [-0.2, 0) is 14.3 Å². The van der Waals surface area contributed by atoms with E-state index in [9.17, 15) is 19.5 Å². The first-order valence-electron chi connectivity index (χ1n) is 10.6. The second-order valence-electron chi connectivity index (χ2n) is 8.28. The van der Waals surface area contributed by atoms with E-state index in [1.165, 1.54) is 44.9 Å². The predicted molar refractivity (Wildman–Crippen MR) is 110 cm³/mol. The Morgan fingerprint density at radius 2 is 1.39 bits per heavy atom. The van der Waals surface area contributed by atoms with Gasteiger partial charge in [0, 0.05) is 0 Å². The second-order valence-corrected chi connectivity index (χ2v) is 8.28.